The van der Waals surface area contributed by atoms with Crippen molar-refractivity contribution in [2.75, 3.05) is 0 Å². The number of aromatic hydroxyl groups is 1. The molecule has 2 heterocycles. The van der Waals surface area contributed by atoms with Gasteiger partial charge in [0.2, 0.25) is 0 Å². The van der Waals surface area contributed by atoms with Gasteiger partial charge in [-0.05, 0) is 25.1 Å². The molecule has 0 aliphatic rings. The molecule has 1 aromatic carbocycles. The van der Waals surface area contributed by atoms with Crippen LogP contribution in [0.4, 0.5) is 0 Å². The summed E-state index contributed by atoms with van der Waals surface area (Å²) in [5, 5.41) is 10.6. The number of nitrogens with zero attached hydrogens (tertiary/aromatic N) is 1. The van der Waals surface area contributed by atoms with Gasteiger partial charge in [0.05, 0.1) is 16.6 Å². The number of nitrogens with one attached hydrogen (secondary N) is 1. The molecule has 2 aromatic heterocycles. The number of rotatable bonds is 0. The van der Waals surface area contributed by atoms with Crippen molar-refractivity contribution in [1.29, 1.82) is 0 Å². The van der Waals surface area contributed by atoms with Crippen molar-refractivity contribution in [3.8, 4) is 5.75 Å². The third-order valence-corrected chi connectivity index (χ3v) is 2.86. The van der Waals surface area contributed by atoms with Crippen LogP contribution in [0.2, 0.25) is 0 Å². The minimum absolute atomic E-state index is 0.0401. The number of H-pyrrole nitrogens is 1. The Morgan fingerprint density at radius 2 is 2.00 bits per heavy atom. The predicted molar refractivity (Wildman–Crippen MR) is 66.3 cm³/mol. The fraction of sp³-hybridized carbons (Fsp3) is 0.0769. The van der Waals surface area contributed by atoms with E-state index in [2.05, 4.69) is 9.97 Å². The average Bonchev–Trinajstić information content (AvgIpc) is 2.32. The monoisotopic (exact) mass is 226 g/mol. The van der Waals surface area contributed by atoms with Gasteiger partial charge in [0, 0.05) is 5.39 Å². The molecule has 17 heavy (non-hydrogen) atoms. The van der Waals surface area contributed by atoms with Gasteiger partial charge in [-0.3, -0.25) is 4.79 Å². The highest BCUT2D eigenvalue weighted by molar-refractivity contribution is 5.91. The Balaban J connectivity index is 2.60. The number of fused-ring (bicyclic) bond motifs is 2. The Morgan fingerprint density at radius 3 is 2.82 bits per heavy atom. The molecule has 0 amide bonds. The summed E-state index contributed by atoms with van der Waals surface area (Å²) in [4.78, 5) is 19.5. The summed E-state index contributed by atoms with van der Waals surface area (Å²) < 4.78 is 0. The van der Waals surface area contributed by atoms with E-state index in [4.69, 9.17) is 0 Å². The molecule has 0 spiro atoms. The Morgan fingerprint density at radius 1 is 1.24 bits per heavy atom. The zero-order valence-electron chi connectivity index (χ0n) is 9.19. The molecule has 4 heteroatoms. The SMILES string of the molecule is Cc1nc2[nH]c3ccccc3c(=O)c2cc1O. The van der Waals surface area contributed by atoms with Crippen LogP contribution in [0.25, 0.3) is 21.9 Å². The largest absolute Gasteiger partial charge is 0.506 e. The predicted octanol–water partition coefficient (Wildman–Crippen LogP) is 2.09. The van der Waals surface area contributed by atoms with E-state index in [1.165, 1.54) is 6.07 Å². The molecular weight excluding hydrogens is 216 g/mol. The number of hydrogen-bond acceptors (Lipinski definition) is 3. The second-order valence-corrected chi connectivity index (χ2v) is 3.99. The molecule has 0 bridgehead atoms. The summed E-state index contributed by atoms with van der Waals surface area (Å²) in [5.41, 5.74) is 1.65. The molecule has 84 valence electrons. The van der Waals surface area contributed by atoms with Crippen LogP contribution in [0, 0.1) is 6.92 Å². The van der Waals surface area contributed by atoms with E-state index in [9.17, 15) is 9.90 Å². The van der Waals surface area contributed by atoms with Crippen molar-refractivity contribution in [1.82, 2.24) is 9.97 Å². The number of pyridine rings is 2. The lowest BCUT2D eigenvalue weighted by Crippen LogP contribution is -2.05. The summed E-state index contributed by atoms with van der Waals surface area (Å²) in [7, 11) is 0. The molecular formula is C13H10N2O2. The van der Waals surface area contributed by atoms with E-state index < -0.39 is 0 Å². The highest BCUT2D eigenvalue weighted by atomic mass is 16.3. The van der Waals surface area contributed by atoms with Crippen molar-refractivity contribution in [3.05, 3.63) is 46.2 Å². The second kappa shape index (κ2) is 3.31. The first-order chi connectivity index (χ1) is 8.16. The molecule has 0 saturated carbocycles. The highest BCUT2D eigenvalue weighted by Gasteiger charge is 2.08. The second-order valence-electron chi connectivity index (χ2n) is 3.99. The van der Waals surface area contributed by atoms with E-state index in [0.29, 0.717) is 22.1 Å². The molecule has 3 aromatic rings. The zero-order chi connectivity index (χ0) is 12.0. The van der Waals surface area contributed by atoms with Gasteiger partial charge in [-0.2, -0.15) is 0 Å². The number of para-hydroxylation sites is 1. The summed E-state index contributed by atoms with van der Waals surface area (Å²) in [6, 6.07) is 8.72. The van der Waals surface area contributed by atoms with Crippen molar-refractivity contribution >= 4 is 21.9 Å². The standard InChI is InChI=1S/C13H10N2O2/c1-7-11(16)6-9-12(17)8-4-2-3-5-10(8)15-13(9)14-7/h2-6,16H,1H3,(H,14,15,17). The first-order valence-electron chi connectivity index (χ1n) is 5.28. The van der Waals surface area contributed by atoms with Gasteiger partial charge in [0.25, 0.3) is 0 Å². The molecule has 0 aliphatic carbocycles. The van der Waals surface area contributed by atoms with Gasteiger partial charge in [-0.15, -0.1) is 0 Å². The number of aromatic amines is 1. The summed E-state index contributed by atoms with van der Waals surface area (Å²) in [5.74, 6) is 0.0401. The lowest BCUT2D eigenvalue weighted by molar-refractivity contribution is 0.469. The molecule has 0 aliphatic heterocycles. The lowest BCUT2D eigenvalue weighted by atomic mass is 10.1. The van der Waals surface area contributed by atoms with Gasteiger partial charge in [-0.25, -0.2) is 4.98 Å². The van der Waals surface area contributed by atoms with E-state index in [-0.39, 0.29) is 11.2 Å². The third-order valence-electron chi connectivity index (χ3n) is 2.86. The molecule has 0 saturated heterocycles. The molecule has 0 fully saturated rings. The normalized spacial score (nSPS) is 11.1. The van der Waals surface area contributed by atoms with Gasteiger partial charge in [0.15, 0.2) is 5.43 Å². The fourth-order valence-electron chi connectivity index (χ4n) is 1.93. The van der Waals surface area contributed by atoms with Gasteiger partial charge in [-0.1, -0.05) is 12.1 Å². The minimum atomic E-state index is -0.114. The number of aryl methyl sites for hydroxylation is 1. The van der Waals surface area contributed by atoms with Crippen LogP contribution in [-0.2, 0) is 0 Å². The Hall–Kier alpha value is -2.36. The van der Waals surface area contributed by atoms with E-state index in [1.807, 2.05) is 18.2 Å². The molecule has 0 atom stereocenters. The highest BCUT2D eigenvalue weighted by Crippen LogP contribution is 2.19. The van der Waals surface area contributed by atoms with E-state index in [1.54, 1.807) is 13.0 Å². The zero-order valence-corrected chi connectivity index (χ0v) is 9.19. The molecule has 4 nitrogen and oxygen atoms in total. The average molecular weight is 226 g/mol. The van der Waals surface area contributed by atoms with Gasteiger partial charge < -0.3 is 10.1 Å². The van der Waals surface area contributed by atoms with Crippen molar-refractivity contribution in [2.24, 2.45) is 0 Å². The Bertz CT molecular complexity index is 790. The molecule has 0 unspecified atom stereocenters. The minimum Gasteiger partial charge on any atom is -0.506 e. The summed E-state index contributed by atoms with van der Waals surface area (Å²) in [6.07, 6.45) is 0. The Kier molecular flexibility index (Phi) is 1.92. The fourth-order valence-corrected chi connectivity index (χ4v) is 1.93. The van der Waals surface area contributed by atoms with Crippen LogP contribution in [0.5, 0.6) is 5.75 Å². The van der Waals surface area contributed by atoms with E-state index in [0.717, 1.165) is 5.52 Å². The molecule has 2 N–H and O–H groups in total. The Labute approximate surface area is 96.6 Å². The van der Waals surface area contributed by atoms with Crippen LogP contribution >= 0.6 is 0 Å². The maximum absolute atomic E-state index is 12.2. The van der Waals surface area contributed by atoms with Gasteiger partial charge in [0.1, 0.15) is 11.4 Å². The van der Waals surface area contributed by atoms with Crippen LogP contribution in [-0.4, -0.2) is 15.1 Å². The summed E-state index contributed by atoms with van der Waals surface area (Å²) in [6.45, 7) is 1.70. The van der Waals surface area contributed by atoms with Crippen LogP contribution in [0.15, 0.2) is 35.1 Å². The first kappa shape index (κ1) is 9.84. The quantitative estimate of drug-likeness (QED) is 0.577. The maximum atomic E-state index is 12.2. The molecule has 0 radical (unpaired) electrons. The number of aromatic nitrogens is 2. The van der Waals surface area contributed by atoms with Crippen molar-refractivity contribution < 1.29 is 5.11 Å². The third kappa shape index (κ3) is 1.38. The van der Waals surface area contributed by atoms with Crippen LogP contribution in [0.1, 0.15) is 5.69 Å². The van der Waals surface area contributed by atoms with Crippen LogP contribution in [0.3, 0.4) is 0 Å². The van der Waals surface area contributed by atoms with Crippen molar-refractivity contribution in [2.45, 2.75) is 6.92 Å². The van der Waals surface area contributed by atoms with E-state index >= 15 is 0 Å². The molecule has 3 rings (SSSR count). The van der Waals surface area contributed by atoms with Crippen LogP contribution < -0.4 is 5.43 Å². The van der Waals surface area contributed by atoms with Gasteiger partial charge >= 0.3 is 0 Å². The lowest BCUT2D eigenvalue weighted by Gasteiger charge is -2.04. The number of benzene rings is 1. The number of hydrogen-bond donors (Lipinski definition) is 2. The van der Waals surface area contributed by atoms with Crippen molar-refractivity contribution in [3.63, 3.8) is 0 Å². The maximum Gasteiger partial charge on any atom is 0.198 e. The first-order valence-corrected chi connectivity index (χ1v) is 5.28. The smallest absolute Gasteiger partial charge is 0.198 e. The summed E-state index contributed by atoms with van der Waals surface area (Å²) >= 11 is 0. The topological polar surface area (TPSA) is 66.0 Å².